The molecule has 2 N–H and O–H groups in total. The predicted octanol–water partition coefficient (Wildman–Crippen LogP) is 2.19. The number of nitrogens with zero attached hydrogens (tertiary/aromatic N) is 1. The van der Waals surface area contributed by atoms with Gasteiger partial charge in [-0.1, -0.05) is 19.9 Å². The minimum absolute atomic E-state index is 0.0460. The molecule has 1 aromatic heterocycles. The number of nitrogens with one attached hydrogen (secondary N) is 2. The van der Waals surface area contributed by atoms with Gasteiger partial charge in [0.2, 0.25) is 0 Å². The summed E-state index contributed by atoms with van der Waals surface area (Å²) in [7, 11) is 0. The van der Waals surface area contributed by atoms with E-state index in [2.05, 4.69) is 40.8 Å². The van der Waals surface area contributed by atoms with Crippen LogP contribution in [-0.4, -0.2) is 55.9 Å². The standard InChI is InChI=1S/C17H27N3O2S/c1-17(2,15-6-4-8-23-15)12-19-16(21)18-9-14-10-20-7-3-5-13(20)11-22-14/h4,6,8,13-14H,3,5,7,9-12H2,1-2H3,(H2,18,19,21)/t13-,14-/m0/s1. The van der Waals surface area contributed by atoms with Crippen LogP contribution in [-0.2, 0) is 10.2 Å². The molecule has 2 aliphatic heterocycles. The number of ether oxygens (including phenoxy) is 1. The van der Waals surface area contributed by atoms with E-state index in [-0.39, 0.29) is 17.6 Å². The molecule has 5 nitrogen and oxygen atoms in total. The van der Waals surface area contributed by atoms with E-state index in [4.69, 9.17) is 4.74 Å². The van der Waals surface area contributed by atoms with Gasteiger partial charge in [0, 0.05) is 36.0 Å². The van der Waals surface area contributed by atoms with Gasteiger partial charge in [-0.15, -0.1) is 11.3 Å². The number of amides is 2. The van der Waals surface area contributed by atoms with Crippen LogP contribution in [0.15, 0.2) is 17.5 Å². The van der Waals surface area contributed by atoms with Crippen LogP contribution in [0.2, 0.25) is 0 Å². The van der Waals surface area contributed by atoms with Crippen molar-refractivity contribution in [2.45, 2.75) is 44.2 Å². The number of morpholine rings is 1. The Hall–Kier alpha value is -1.11. The second kappa shape index (κ2) is 7.20. The van der Waals surface area contributed by atoms with Crippen molar-refractivity contribution in [2.75, 3.05) is 32.8 Å². The van der Waals surface area contributed by atoms with Crippen LogP contribution in [0.3, 0.4) is 0 Å². The second-order valence-corrected chi connectivity index (χ2v) is 8.12. The Kier molecular flexibility index (Phi) is 5.24. The van der Waals surface area contributed by atoms with E-state index >= 15 is 0 Å². The van der Waals surface area contributed by atoms with Crippen LogP contribution in [0, 0.1) is 0 Å². The SMILES string of the molecule is CC(C)(CNC(=O)NC[C@H]1CN2CCC[C@H]2CO1)c1cccs1. The average Bonchev–Trinajstić information content (AvgIpc) is 3.21. The topological polar surface area (TPSA) is 53.6 Å². The molecule has 2 aliphatic rings. The van der Waals surface area contributed by atoms with Gasteiger partial charge in [-0.25, -0.2) is 4.79 Å². The summed E-state index contributed by atoms with van der Waals surface area (Å²) in [6.07, 6.45) is 2.63. The lowest BCUT2D eigenvalue weighted by molar-refractivity contribution is -0.0457. The Morgan fingerprint density at radius 1 is 1.48 bits per heavy atom. The van der Waals surface area contributed by atoms with Gasteiger partial charge in [-0.3, -0.25) is 4.90 Å². The van der Waals surface area contributed by atoms with Crippen molar-refractivity contribution in [3.05, 3.63) is 22.4 Å². The molecule has 6 heteroatoms. The molecule has 0 unspecified atom stereocenters. The molecule has 23 heavy (non-hydrogen) atoms. The maximum absolute atomic E-state index is 12.0. The number of rotatable bonds is 5. The van der Waals surface area contributed by atoms with Gasteiger partial charge in [0.05, 0.1) is 12.7 Å². The van der Waals surface area contributed by atoms with Crippen molar-refractivity contribution >= 4 is 17.4 Å². The highest BCUT2D eigenvalue weighted by atomic mass is 32.1. The summed E-state index contributed by atoms with van der Waals surface area (Å²) in [6.45, 7) is 8.41. The van der Waals surface area contributed by atoms with Gasteiger partial charge in [-0.05, 0) is 30.8 Å². The quantitative estimate of drug-likeness (QED) is 0.866. The van der Waals surface area contributed by atoms with E-state index in [0.29, 0.717) is 19.1 Å². The van der Waals surface area contributed by atoms with Crippen LogP contribution in [0.25, 0.3) is 0 Å². The van der Waals surface area contributed by atoms with Crippen LogP contribution >= 0.6 is 11.3 Å². The molecule has 0 saturated carbocycles. The summed E-state index contributed by atoms with van der Waals surface area (Å²) in [5, 5.41) is 8.01. The molecular formula is C17H27N3O2S. The highest BCUT2D eigenvalue weighted by molar-refractivity contribution is 7.10. The molecule has 0 bridgehead atoms. The van der Waals surface area contributed by atoms with Crippen molar-refractivity contribution < 1.29 is 9.53 Å². The third kappa shape index (κ3) is 4.25. The van der Waals surface area contributed by atoms with E-state index in [9.17, 15) is 4.79 Å². The Bertz CT molecular complexity index is 518. The summed E-state index contributed by atoms with van der Waals surface area (Å²) in [4.78, 5) is 15.8. The molecule has 3 heterocycles. The Morgan fingerprint density at radius 3 is 3.13 bits per heavy atom. The fraction of sp³-hybridized carbons (Fsp3) is 0.706. The zero-order valence-electron chi connectivity index (χ0n) is 14.0. The molecule has 2 fully saturated rings. The van der Waals surface area contributed by atoms with Crippen LogP contribution < -0.4 is 10.6 Å². The van der Waals surface area contributed by atoms with E-state index in [1.165, 1.54) is 24.3 Å². The van der Waals surface area contributed by atoms with Gasteiger partial charge in [-0.2, -0.15) is 0 Å². The summed E-state index contributed by atoms with van der Waals surface area (Å²) >= 11 is 1.73. The average molecular weight is 337 g/mol. The number of carbonyl (C=O) groups excluding carboxylic acids is 1. The number of hydrogen-bond acceptors (Lipinski definition) is 4. The lowest BCUT2D eigenvalue weighted by atomic mass is 9.91. The molecule has 0 aromatic carbocycles. The molecule has 3 rings (SSSR count). The third-order valence-corrected chi connectivity index (χ3v) is 6.07. The molecule has 1 aromatic rings. The first-order chi connectivity index (χ1) is 11.0. The van der Waals surface area contributed by atoms with E-state index in [0.717, 1.165) is 13.2 Å². The monoisotopic (exact) mass is 337 g/mol. The lowest BCUT2D eigenvalue weighted by Crippen LogP contribution is -2.51. The zero-order chi connectivity index (χ0) is 16.3. The van der Waals surface area contributed by atoms with Gasteiger partial charge >= 0.3 is 6.03 Å². The third-order valence-electron chi connectivity index (χ3n) is 4.83. The number of carbonyl (C=O) groups is 1. The first kappa shape index (κ1) is 16.7. The fourth-order valence-electron chi connectivity index (χ4n) is 3.33. The maximum atomic E-state index is 12.0. The minimum Gasteiger partial charge on any atom is -0.373 e. The Morgan fingerprint density at radius 2 is 2.35 bits per heavy atom. The number of urea groups is 1. The summed E-state index contributed by atoms with van der Waals surface area (Å²) < 4.78 is 5.86. The van der Waals surface area contributed by atoms with E-state index in [1.807, 2.05) is 6.07 Å². The molecule has 128 valence electrons. The summed E-state index contributed by atoms with van der Waals surface area (Å²) in [6, 6.07) is 4.66. The van der Waals surface area contributed by atoms with Crippen molar-refractivity contribution in [1.29, 1.82) is 0 Å². The van der Waals surface area contributed by atoms with Crippen molar-refractivity contribution in [1.82, 2.24) is 15.5 Å². The molecule has 2 atom stereocenters. The molecular weight excluding hydrogens is 310 g/mol. The second-order valence-electron chi connectivity index (χ2n) is 7.17. The first-order valence-electron chi connectivity index (χ1n) is 8.46. The molecule has 2 amide bonds. The normalized spacial score (nSPS) is 25.1. The van der Waals surface area contributed by atoms with E-state index < -0.39 is 0 Å². The van der Waals surface area contributed by atoms with Gasteiger partial charge in [0.1, 0.15) is 0 Å². The fourth-order valence-corrected chi connectivity index (χ4v) is 4.18. The van der Waals surface area contributed by atoms with Crippen molar-refractivity contribution in [3.63, 3.8) is 0 Å². The van der Waals surface area contributed by atoms with Crippen LogP contribution in [0.5, 0.6) is 0 Å². The number of fused-ring (bicyclic) bond motifs is 1. The smallest absolute Gasteiger partial charge is 0.314 e. The largest absolute Gasteiger partial charge is 0.373 e. The number of hydrogen-bond donors (Lipinski definition) is 2. The molecule has 2 saturated heterocycles. The van der Waals surface area contributed by atoms with Crippen LogP contribution in [0.1, 0.15) is 31.6 Å². The molecule has 0 radical (unpaired) electrons. The summed E-state index contributed by atoms with van der Waals surface area (Å²) in [5.74, 6) is 0. The first-order valence-corrected chi connectivity index (χ1v) is 9.34. The Labute approximate surface area is 142 Å². The highest BCUT2D eigenvalue weighted by Crippen LogP contribution is 2.26. The minimum atomic E-state index is -0.109. The predicted molar refractivity (Wildman–Crippen MR) is 93.1 cm³/mol. The van der Waals surface area contributed by atoms with Crippen molar-refractivity contribution in [3.8, 4) is 0 Å². The van der Waals surface area contributed by atoms with Gasteiger partial charge < -0.3 is 15.4 Å². The molecule has 0 aliphatic carbocycles. The van der Waals surface area contributed by atoms with E-state index in [1.54, 1.807) is 11.3 Å². The summed E-state index contributed by atoms with van der Waals surface area (Å²) in [5.41, 5.74) is -0.0460. The highest BCUT2D eigenvalue weighted by Gasteiger charge is 2.32. The maximum Gasteiger partial charge on any atom is 0.314 e. The van der Waals surface area contributed by atoms with Crippen molar-refractivity contribution in [2.24, 2.45) is 0 Å². The lowest BCUT2D eigenvalue weighted by Gasteiger charge is -2.35. The van der Waals surface area contributed by atoms with Gasteiger partial charge in [0.25, 0.3) is 0 Å². The van der Waals surface area contributed by atoms with Gasteiger partial charge in [0.15, 0.2) is 0 Å². The van der Waals surface area contributed by atoms with Crippen LogP contribution in [0.4, 0.5) is 4.79 Å². The molecule has 0 spiro atoms. The Balaban J connectivity index is 1.38. The zero-order valence-corrected chi connectivity index (χ0v) is 14.8. The number of thiophene rings is 1.